The Morgan fingerprint density at radius 2 is 2.11 bits per heavy atom. The van der Waals surface area contributed by atoms with Crippen molar-refractivity contribution in [1.82, 2.24) is 15.1 Å². The number of carbonyl (C=O) groups excluding carboxylic acids is 1. The maximum atomic E-state index is 11.3. The van der Waals surface area contributed by atoms with Crippen molar-refractivity contribution in [3.63, 3.8) is 0 Å². The van der Waals surface area contributed by atoms with Crippen LogP contribution >= 0.6 is 0 Å². The maximum Gasteiger partial charge on any atom is 0.220 e. The fraction of sp³-hybridized carbons (Fsp3) is 0.286. The monoisotopic (exact) mass is 241 g/mol. The van der Waals surface area contributed by atoms with Gasteiger partial charge in [0.15, 0.2) is 0 Å². The summed E-state index contributed by atoms with van der Waals surface area (Å²) in [6.07, 6.45) is 0.563. The Bertz CT molecular complexity index is 574. The molecule has 0 saturated carbocycles. The topological polar surface area (TPSA) is 46.9 Å². The summed E-state index contributed by atoms with van der Waals surface area (Å²) in [5.41, 5.74) is 3.19. The van der Waals surface area contributed by atoms with Gasteiger partial charge in [-0.15, -0.1) is 0 Å². The molecule has 4 heteroatoms. The van der Waals surface area contributed by atoms with Crippen molar-refractivity contribution in [2.75, 3.05) is 6.54 Å². The molecule has 0 spiro atoms. The largest absolute Gasteiger partial charge is 0.355 e. The molecular weight excluding hydrogens is 226 g/mol. The van der Waals surface area contributed by atoms with Crippen LogP contribution in [0.3, 0.4) is 0 Å². The Hall–Kier alpha value is -2.10. The first-order valence-electron chi connectivity index (χ1n) is 6.10. The van der Waals surface area contributed by atoms with E-state index in [0.717, 1.165) is 17.0 Å². The minimum Gasteiger partial charge on any atom is -0.355 e. The summed E-state index contributed by atoms with van der Waals surface area (Å²) in [7, 11) is 1.94. The van der Waals surface area contributed by atoms with Crippen molar-refractivity contribution in [2.24, 2.45) is 7.05 Å². The maximum absolute atomic E-state index is 11.3. The number of carbonyl (C=O) groups is 1. The number of amides is 1. The van der Waals surface area contributed by atoms with Crippen LogP contribution in [0.1, 0.15) is 18.0 Å². The summed E-state index contributed by atoms with van der Waals surface area (Å²) in [6, 6.07) is 12.2. The van der Waals surface area contributed by atoms with E-state index in [4.69, 9.17) is 0 Å². The van der Waals surface area contributed by atoms with E-state index < -0.39 is 0 Å². The van der Waals surface area contributed by atoms with Gasteiger partial charge in [0.1, 0.15) is 0 Å². The highest BCUT2D eigenvalue weighted by atomic mass is 16.1. The van der Waals surface area contributed by atoms with Crippen molar-refractivity contribution < 1.29 is 4.79 Å². The molecular formula is C14H15N3O. The molecule has 2 aromatic rings. The quantitative estimate of drug-likeness (QED) is 0.869. The first kappa shape index (κ1) is 11.0. The van der Waals surface area contributed by atoms with E-state index in [1.807, 2.05) is 42.1 Å². The second-order valence-electron chi connectivity index (χ2n) is 4.65. The third-order valence-corrected chi connectivity index (χ3v) is 3.38. The molecule has 1 aliphatic heterocycles. The summed E-state index contributed by atoms with van der Waals surface area (Å²) in [6.45, 7) is 0.715. The number of aryl methyl sites for hydroxylation is 1. The summed E-state index contributed by atoms with van der Waals surface area (Å²) in [4.78, 5) is 11.3. The molecule has 4 nitrogen and oxygen atoms in total. The van der Waals surface area contributed by atoms with Crippen LogP contribution in [-0.4, -0.2) is 22.2 Å². The van der Waals surface area contributed by atoms with Gasteiger partial charge in [0.05, 0.1) is 5.69 Å². The lowest BCUT2D eigenvalue weighted by Gasteiger charge is -2.06. The van der Waals surface area contributed by atoms with Crippen LogP contribution in [0, 0.1) is 0 Å². The Morgan fingerprint density at radius 3 is 2.78 bits per heavy atom. The molecule has 3 rings (SSSR count). The van der Waals surface area contributed by atoms with Gasteiger partial charge < -0.3 is 5.32 Å². The zero-order valence-electron chi connectivity index (χ0n) is 10.3. The number of aromatic nitrogens is 2. The zero-order chi connectivity index (χ0) is 12.5. The van der Waals surface area contributed by atoms with Crippen LogP contribution in [0.2, 0.25) is 0 Å². The van der Waals surface area contributed by atoms with E-state index in [0.29, 0.717) is 13.0 Å². The van der Waals surface area contributed by atoms with Gasteiger partial charge in [-0.3, -0.25) is 9.48 Å². The lowest BCUT2D eigenvalue weighted by molar-refractivity contribution is -0.119. The highest BCUT2D eigenvalue weighted by molar-refractivity contribution is 5.79. The normalized spacial score (nSPS) is 18.9. The molecule has 1 atom stereocenters. The van der Waals surface area contributed by atoms with Crippen molar-refractivity contribution in [3.8, 4) is 11.3 Å². The predicted molar refractivity (Wildman–Crippen MR) is 69.0 cm³/mol. The van der Waals surface area contributed by atoms with E-state index in [9.17, 15) is 4.79 Å². The molecule has 1 aromatic carbocycles. The molecule has 1 fully saturated rings. The first-order chi connectivity index (χ1) is 8.74. The molecule has 1 unspecified atom stereocenters. The van der Waals surface area contributed by atoms with Crippen LogP contribution < -0.4 is 5.32 Å². The van der Waals surface area contributed by atoms with Crippen molar-refractivity contribution in [1.29, 1.82) is 0 Å². The molecule has 1 aromatic heterocycles. The van der Waals surface area contributed by atoms with Crippen molar-refractivity contribution in [3.05, 3.63) is 42.1 Å². The smallest absolute Gasteiger partial charge is 0.220 e. The summed E-state index contributed by atoms with van der Waals surface area (Å²) in [5.74, 6) is 0.370. The van der Waals surface area contributed by atoms with Gasteiger partial charge in [-0.1, -0.05) is 30.3 Å². The van der Waals surface area contributed by atoms with Gasteiger partial charge in [-0.05, 0) is 6.07 Å². The fourth-order valence-electron chi connectivity index (χ4n) is 2.43. The molecule has 0 bridgehead atoms. The standard InChI is InChI=1S/C14H15N3O/c1-17-13(11-7-14(18)15-9-11)8-12(16-17)10-5-3-2-4-6-10/h2-6,8,11H,7,9H2,1H3,(H,15,18). The Morgan fingerprint density at radius 1 is 1.33 bits per heavy atom. The summed E-state index contributed by atoms with van der Waals surface area (Å²) in [5, 5.41) is 7.39. The Balaban J connectivity index is 1.94. The zero-order valence-corrected chi connectivity index (χ0v) is 10.3. The first-order valence-corrected chi connectivity index (χ1v) is 6.10. The molecule has 1 amide bonds. The second kappa shape index (κ2) is 4.29. The predicted octanol–water partition coefficient (Wildman–Crippen LogP) is 1.69. The number of benzene rings is 1. The van der Waals surface area contributed by atoms with Crippen molar-refractivity contribution in [2.45, 2.75) is 12.3 Å². The van der Waals surface area contributed by atoms with E-state index in [1.54, 1.807) is 0 Å². The van der Waals surface area contributed by atoms with Crippen LogP contribution in [-0.2, 0) is 11.8 Å². The molecule has 1 N–H and O–H groups in total. The number of nitrogens with one attached hydrogen (secondary N) is 1. The van der Waals surface area contributed by atoms with Gasteiger partial charge in [0, 0.05) is 37.2 Å². The highest BCUT2D eigenvalue weighted by Crippen LogP contribution is 2.26. The second-order valence-corrected chi connectivity index (χ2v) is 4.65. The minimum atomic E-state index is 0.127. The molecule has 0 radical (unpaired) electrons. The molecule has 2 heterocycles. The molecule has 92 valence electrons. The lowest BCUT2D eigenvalue weighted by atomic mass is 10.0. The van der Waals surface area contributed by atoms with Gasteiger partial charge in [-0.25, -0.2) is 0 Å². The number of hydrogen-bond acceptors (Lipinski definition) is 2. The van der Waals surface area contributed by atoms with E-state index >= 15 is 0 Å². The fourth-order valence-corrected chi connectivity index (χ4v) is 2.43. The Kier molecular flexibility index (Phi) is 2.63. The Labute approximate surface area is 106 Å². The van der Waals surface area contributed by atoms with Gasteiger partial charge in [-0.2, -0.15) is 5.10 Å². The average Bonchev–Trinajstić information content (AvgIpc) is 2.97. The number of nitrogens with zero attached hydrogens (tertiary/aromatic N) is 2. The average molecular weight is 241 g/mol. The third kappa shape index (κ3) is 1.90. The van der Waals surface area contributed by atoms with Crippen molar-refractivity contribution >= 4 is 5.91 Å². The summed E-state index contributed by atoms with van der Waals surface area (Å²) < 4.78 is 1.88. The van der Waals surface area contributed by atoms with Crippen LogP contribution in [0.15, 0.2) is 36.4 Å². The van der Waals surface area contributed by atoms with Crippen LogP contribution in [0.4, 0.5) is 0 Å². The number of hydrogen-bond donors (Lipinski definition) is 1. The van der Waals surface area contributed by atoms with Gasteiger partial charge in [0.25, 0.3) is 0 Å². The highest BCUT2D eigenvalue weighted by Gasteiger charge is 2.26. The molecule has 1 saturated heterocycles. The SMILES string of the molecule is Cn1nc(-c2ccccc2)cc1C1CNC(=O)C1. The molecule has 1 aliphatic rings. The van der Waals surface area contributed by atoms with E-state index in [2.05, 4.69) is 16.5 Å². The van der Waals surface area contributed by atoms with E-state index in [1.165, 1.54) is 0 Å². The minimum absolute atomic E-state index is 0.127. The summed E-state index contributed by atoms with van der Waals surface area (Å²) >= 11 is 0. The van der Waals surface area contributed by atoms with Crippen LogP contribution in [0.5, 0.6) is 0 Å². The van der Waals surface area contributed by atoms with Gasteiger partial charge >= 0.3 is 0 Å². The van der Waals surface area contributed by atoms with Crippen LogP contribution in [0.25, 0.3) is 11.3 Å². The van der Waals surface area contributed by atoms with E-state index in [-0.39, 0.29) is 11.8 Å². The molecule has 18 heavy (non-hydrogen) atoms. The molecule has 0 aliphatic carbocycles. The lowest BCUT2D eigenvalue weighted by Crippen LogP contribution is -2.14. The van der Waals surface area contributed by atoms with Gasteiger partial charge in [0.2, 0.25) is 5.91 Å². The number of rotatable bonds is 2. The third-order valence-electron chi connectivity index (χ3n) is 3.38.